The number of nitro groups is 1. The van der Waals surface area contributed by atoms with Crippen molar-refractivity contribution in [2.75, 3.05) is 6.61 Å². The summed E-state index contributed by atoms with van der Waals surface area (Å²) in [5.41, 5.74) is 5.52. The summed E-state index contributed by atoms with van der Waals surface area (Å²) in [7, 11) is 0. The summed E-state index contributed by atoms with van der Waals surface area (Å²) in [5.74, 6) is 0.725. The van der Waals surface area contributed by atoms with Gasteiger partial charge in [0.25, 0.3) is 0 Å². The van der Waals surface area contributed by atoms with Crippen LogP contribution in [-0.2, 0) is 0 Å². The zero-order chi connectivity index (χ0) is 14.5. The maximum atomic E-state index is 11.0. The van der Waals surface area contributed by atoms with E-state index in [4.69, 9.17) is 15.7 Å². The Labute approximate surface area is 116 Å². The van der Waals surface area contributed by atoms with Crippen LogP contribution in [0.1, 0.15) is 31.2 Å². The van der Waals surface area contributed by atoms with E-state index in [-0.39, 0.29) is 22.8 Å². The Morgan fingerprint density at radius 2 is 2.30 bits per heavy atom. The SMILES string of the molecule is N/C(=N/O)c1ccc(OCCC2CCC2)c([N+](=O)[O-])c1. The Kier molecular flexibility index (Phi) is 4.39. The number of nitrogens with zero attached hydrogens (tertiary/aromatic N) is 2. The summed E-state index contributed by atoms with van der Waals surface area (Å²) in [5, 5.41) is 22.4. The smallest absolute Gasteiger partial charge is 0.311 e. The normalized spacial score (nSPS) is 15.7. The van der Waals surface area contributed by atoms with Crippen molar-refractivity contribution in [3.8, 4) is 5.75 Å². The van der Waals surface area contributed by atoms with Gasteiger partial charge in [0.1, 0.15) is 0 Å². The first-order chi connectivity index (χ1) is 9.61. The maximum Gasteiger partial charge on any atom is 0.311 e. The van der Waals surface area contributed by atoms with Gasteiger partial charge in [0.2, 0.25) is 0 Å². The summed E-state index contributed by atoms with van der Waals surface area (Å²) < 4.78 is 5.49. The minimum atomic E-state index is -0.535. The Morgan fingerprint density at radius 1 is 1.55 bits per heavy atom. The van der Waals surface area contributed by atoms with Gasteiger partial charge in [-0.15, -0.1) is 0 Å². The fourth-order valence-electron chi connectivity index (χ4n) is 2.12. The number of hydrogen-bond acceptors (Lipinski definition) is 5. The molecule has 0 radical (unpaired) electrons. The standard InChI is InChI=1S/C13H17N3O4/c14-13(15-17)10-4-5-12(11(8-10)16(18)19)20-7-6-9-2-1-3-9/h4-5,8-9,17H,1-3,6-7H2,(H2,14,15). The molecule has 108 valence electrons. The predicted octanol–water partition coefficient (Wildman–Crippen LogP) is 2.26. The third kappa shape index (κ3) is 3.17. The quantitative estimate of drug-likeness (QED) is 0.273. The molecule has 0 bridgehead atoms. The van der Waals surface area contributed by atoms with Gasteiger partial charge in [0, 0.05) is 11.6 Å². The number of rotatable bonds is 6. The van der Waals surface area contributed by atoms with Crippen molar-refractivity contribution in [1.82, 2.24) is 0 Å². The summed E-state index contributed by atoms with van der Waals surface area (Å²) in [4.78, 5) is 10.5. The highest BCUT2D eigenvalue weighted by molar-refractivity contribution is 5.97. The molecular formula is C13H17N3O4. The molecule has 1 saturated carbocycles. The van der Waals surface area contributed by atoms with Gasteiger partial charge in [-0.05, 0) is 24.5 Å². The summed E-state index contributed by atoms with van der Waals surface area (Å²) in [6.07, 6.45) is 4.61. The molecular weight excluding hydrogens is 262 g/mol. The minimum Gasteiger partial charge on any atom is -0.487 e. The van der Waals surface area contributed by atoms with E-state index in [1.807, 2.05) is 0 Å². The van der Waals surface area contributed by atoms with Crippen LogP contribution >= 0.6 is 0 Å². The number of benzene rings is 1. The van der Waals surface area contributed by atoms with Crippen LogP contribution in [0.2, 0.25) is 0 Å². The van der Waals surface area contributed by atoms with Crippen molar-refractivity contribution in [2.24, 2.45) is 16.8 Å². The molecule has 1 aromatic rings. The van der Waals surface area contributed by atoms with Crippen LogP contribution in [0.5, 0.6) is 5.75 Å². The molecule has 0 atom stereocenters. The second kappa shape index (κ2) is 6.23. The first kappa shape index (κ1) is 14.1. The molecule has 0 amide bonds. The van der Waals surface area contributed by atoms with Gasteiger partial charge in [-0.3, -0.25) is 10.1 Å². The first-order valence-electron chi connectivity index (χ1n) is 6.51. The molecule has 7 heteroatoms. The van der Waals surface area contributed by atoms with Crippen LogP contribution in [0.4, 0.5) is 5.69 Å². The van der Waals surface area contributed by atoms with Gasteiger partial charge >= 0.3 is 5.69 Å². The first-order valence-corrected chi connectivity index (χ1v) is 6.51. The molecule has 0 spiro atoms. The van der Waals surface area contributed by atoms with E-state index in [0.717, 1.165) is 6.42 Å². The molecule has 1 fully saturated rings. The van der Waals surface area contributed by atoms with E-state index < -0.39 is 4.92 Å². The number of amidine groups is 1. The molecule has 2 rings (SSSR count). The van der Waals surface area contributed by atoms with Gasteiger partial charge in [0.15, 0.2) is 11.6 Å². The summed E-state index contributed by atoms with van der Waals surface area (Å²) in [6, 6.07) is 4.25. The molecule has 1 aliphatic carbocycles. The number of hydrogen-bond donors (Lipinski definition) is 2. The second-order valence-corrected chi connectivity index (χ2v) is 4.86. The van der Waals surface area contributed by atoms with Crippen LogP contribution in [0, 0.1) is 16.0 Å². The van der Waals surface area contributed by atoms with Crippen LogP contribution in [0.3, 0.4) is 0 Å². The third-order valence-electron chi connectivity index (χ3n) is 3.57. The van der Waals surface area contributed by atoms with Crippen molar-refractivity contribution >= 4 is 11.5 Å². The third-order valence-corrected chi connectivity index (χ3v) is 3.57. The zero-order valence-corrected chi connectivity index (χ0v) is 11.0. The van der Waals surface area contributed by atoms with Gasteiger partial charge in [-0.1, -0.05) is 24.4 Å². The van der Waals surface area contributed by atoms with E-state index >= 15 is 0 Å². The van der Waals surface area contributed by atoms with Gasteiger partial charge in [0.05, 0.1) is 11.5 Å². The molecule has 3 N–H and O–H groups in total. The molecule has 0 saturated heterocycles. The van der Waals surface area contributed by atoms with Crippen molar-refractivity contribution in [3.05, 3.63) is 33.9 Å². The highest BCUT2D eigenvalue weighted by atomic mass is 16.6. The predicted molar refractivity (Wildman–Crippen MR) is 73.1 cm³/mol. The molecule has 1 aromatic carbocycles. The van der Waals surface area contributed by atoms with Crippen molar-refractivity contribution in [3.63, 3.8) is 0 Å². The molecule has 1 aliphatic rings. The molecule has 0 aromatic heterocycles. The van der Waals surface area contributed by atoms with E-state index in [2.05, 4.69) is 5.16 Å². The average Bonchev–Trinajstić information content (AvgIpc) is 2.40. The number of nitrogens with two attached hydrogens (primary N) is 1. The summed E-state index contributed by atoms with van der Waals surface area (Å²) >= 11 is 0. The number of nitro benzene ring substituents is 1. The fourth-order valence-corrected chi connectivity index (χ4v) is 2.12. The van der Waals surface area contributed by atoms with E-state index in [0.29, 0.717) is 12.5 Å². The lowest BCUT2D eigenvalue weighted by Gasteiger charge is -2.24. The Balaban J connectivity index is 2.08. The molecule has 7 nitrogen and oxygen atoms in total. The van der Waals surface area contributed by atoms with E-state index in [1.54, 1.807) is 0 Å². The fraction of sp³-hybridized carbons (Fsp3) is 0.462. The largest absolute Gasteiger partial charge is 0.487 e. The lowest BCUT2D eigenvalue weighted by molar-refractivity contribution is -0.385. The van der Waals surface area contributed by atoms with E-state index in [9.17, 15) is 10.1 Å². The van der Waals surface area contributed by atoms with Gasteiger partial charge in [-0.2, -0.15) is 0 Å². The van der Waals surface area contributed by atoms with E-state index in [1.165, 1.54) is 37.5 Å². The minimum absolute atomic E-state index is 0.172. The maximum absolute atomic E-state index is 11.0. The lowest BCUT2D eigenvalue weighted by Crippen LogP contribution is -2.15. The topological polar surface area (TPSA) is 111 Å². The highest BCUT2D eigenvalue weighted by Gasteiger charge is 2.20. The van der Waals surface area contributed by atoms with Crippen molar-refractivity contribution in [1.29, 1.82) is 0 Å². The summed E-state index contributed by atoms with van der Waals surface area (Å²) in [6.45, 7) is 0.467. The second-order valence-electron chi connectivity index (χ2n) is 4.86. The Bertz CT molecular complexity index is 526. The Morgan fingerprint density at radius 3 is 2.85 bits per heavy atom. The van der Waals surface area contributed by atoms with Crippen molar-refractivity contribution < 1.29 is 14.9 Å². The van der Waals surface area contributed by atoms with Crippen molar-refractivity contribution in [2.45, 2.75) is 25.7 Å². The highest BCUT2D eigenvalue weighted by Crippen LogP contribution is 2.31. The van der Waals surface area contributed by atoms with Crippen LogP contribution in [-0.4, -0.2) is 22.6 Å². The van der Waals surface area contributed by atoms with Crippen LogP contribution < -0.4 is 10.5 Å². The van der Waals surface area contributed by atoms with Crippen LogP contribution in [0.15, 0.2) is 23.4 Å². The molecule has 0 aliphatic heterocycles. The molecule has 20 heavy (non-hydrogen) atoms. The van der Waals surface area contributed by atoms with Crippen LogP contribution in [0.25, 0.3) is 0 Å². The average molecular weight is 279 g/mol. The van der Waals surface area contributed by atoms with Gasteiger partial charge < -0.3 is 15.7 Å². The molecule has 0 heterocycles. The lowest BCUT2D eigenvalue weighted by atomic mass is 9.83. The van der Waals surface area contributed by atoms with Gasteiger partial charge in [-0.25, -0.2) is 0 Å². The molecule has 0 unspecified atom stereocenters. The zero-order valence-electron chi connectivity index (χ0n) is 11.0. The monoisotopic (exact) mass is 279 g/mol. The number of oxime groups is 1. The number of ether oxygens (including phenoxy) is 1. The Hall–Kier alpha value is -2.31.